The first-order valence-electron chi connectivity index (χ1n) is 9.20. The molecule has 4 nitrogen and oxygen atoms in total. The summed E-state index contributed by atoms with van der Waals surface area (Å²) in [6.45, 7) is 0.894. The van der Waals surface area contributed by atoms with Crippen molar-refractivity contribution < 1.29 is 17.5 Å². The van der Waals surface area contributed by atoms with Crippen LogP contribution < -0.4 is 4.74 Å². The van der Waals surface area contributed by atoms with E-state index in [1.807, 2.05) is 54.6 Å². The number of halogens is 1. The van der Waals surface area contributed by atoms with Gasteiger partial charge in [-0.25, -0.2) is 12.8 Å². The zero-order valence-corrected chi connectivity index (χ0v) is 17.2. The Morgan fingerprint density at radius 1 is 0.966 bits per heavy atom. The lowest BCUT2D eigenvalue weighted by Gasteiger charge is -2.23. The second-order valence-corrected chi connectivity index (χ2v) is 9.71. The highest BCUT2D eigenvalue weighted by atomic mass is 32.2. The Hall–Kier alpha value is -2.35. The lowest BCUT2D eigenvalue weighted by atomic mass is 10.2. The molecule has 0 N–H and O–H groups in total. The third kappa shape index (κ3) is 4.47. The molecule has 3 aromatic rings. The number of hydrogen-bond donors (Lipinski definition) is 0. The molecule has 7 heteroatoms. The Bertz CT molecular complexity index is 1060. The summed E-state index contributed by atoms with van der Waals surface area (Å²) < 4.78 is 46.5. The second kappa shape index (κ2) is 8.57. The van der Waals surface area contributed by atoms with E-state index >= 15 is 0 Å². The average Bonchev–Trinajstić information content (AvgIpc) is 3.25. The van der Waals surface area contributed by atoms with Crippen LogP contribution in [0.5, 0.6) is 5.75 Å². The van der Waals surface area contributed by atoms with Crippen LogP contribution in [-0.2, 0) is 16.6 Å². The minimum Gasteiger partial charge on any atom is -0.489 e. The van der Waals surface area contributed by atoms with Crippen molar-refractivity contribution in [2.45, 2.75) is 16.9 Å². The first kappa shape index (κ1) is 19.9. The van der Waals surface area contributed by atoms with Gasteiger partial charge in [0, 0.05) is 12.3 Å². The van der Waals surface area contributed by atoms with Crippen LogP contribution in [0.1, 0.15) is 16.5 Å². The summed E-state index contributed by atoms with van der Waals surface area (Å²) in [6.07, 6.45) is 0. The van der Waals surface area contributed by atoms with E-state index in [4.69, 9.17) is 4.74 Å². The van der Waals surface area contributed by atoms with E-state index in [9.17, 15) is 12.8 Å². The molecule has 1 atom stereocenters. The summed E-state index contributed by atoms with van der Waals surface area (Å²) in [4.78, 5) is 0.106. The van der Waals surface area contributed by atoms with Crippen LogP contribution in [0.15, 0.2) is 83.8 Å². The van der Waals surface area contributed by atoms with E-state index in [1.165, 1.54) is 28.6 Å². The zero-order chi connectivity index (χ0) is 20.3. The highest BCUT2D eigenvalue weighted by Crippen LogP contribution is 2.41. The van der Waals surface area contributed by atoms with Gasteiger partial charge in [-0.3, -0.25) is 0 Å². The van der Waals surface area contributed by atoms with Crippen molar-refractivity contribution in [2.24, 2.45) is 0 Å². The number of nitrogens with zero attached hydrogens (tertiary/aromatic N) is 1. The van der Waals surface area contributed by atoms with Gasteiger partial charge in [0.25, 0.3) is 0 Å². The van der Waals surface area contributed by atoms with Gasteiger partial charge in [-0.05, 0) is 47.5 Å². The van der Waals surface area contributed by atoms with Gasteiger partial charge >= 0.3 is 0 Å². The summed E-state index contributed by atoms with van der Waals surface area (Å²) in [6, 6.07) is 22.4. The van der Waals surface area contributed by atoms with Crippen molar-refractivity contribution in [2.75, 3.05) is 12.3 Å². The molecule has 1 aliphatic rings. The van der Waals surface area contributed by atoms with Crippen molar-refractivity contribution in [3.8, 4) is 5.75 Å². The predicted molar refractivity (Wildman–Crippen MR) is 113 cm³/mol. The van der Waals surface area contributed by atoms with Gasteiger partial charge in [0.2, 0.25) is 10.0 Å². The molecule has 3 aromatic carbocycles. The Morgan fingerprint density at radius 3 is 2.34 bits per heavy atom. The van der Waals surface area contributed by atoms with Gasteiger partial charge in [0.1, 0.15) is 18.2 Å². The molecule has 29 heavy (non-hydrogen) atoms. The van der Waals surface area contributed by atoms with E-state index in [1.54, 1.807) is 11.8 Å². The SMILES string of the molecule is O=S(=O)(c1ccc(F)cc1)N1CCS[C@@H]1c1ccc(OCc2ccccc2)cc1. The minimum absolute atomic E-state index is 0.106. The van der Waals surface area contributed by atoms with E-state index in [2.05, 4.69) is 0 Å². The fraction of sp³-hybridized carbons (Fsp3) is 0.182. The topological polar surface area (TPSA) is 46.6 Å². The number of benzene rings is 3. The molecule has 0 aromatic heterocycles. The maximum Gasteiger partial charge on any atom is 0.244 e. The molecular weight excluding hydrogens is 409 g/mol. The van der Waals surface area contributed by atoms with Gasteiger partial charge < -0.3 is 4.74 Å². The van der Waals surface area contributed by atoms with Crippen LogP contribution >= 0.6 is 11.8 Å². The van der Waals surface area contributed by atoms with Crippen molar-refractivity contribution in [1.29, 1.82) is 0 Å². The highest BCUT2D eigenvalue weighted by Gasteiger charge is 2.36. The summed E-state index contributed by atoms with van der Waals surface area (Å²) in [5.41, 5.74) is 1.98. The maximum atomic E-state index is 13.2. The first-order chi connectivity index (χ1) is 14.0. The first-order valence-corrected chi connectivity index (χ1v) is 11.7. The van der Waals surface area contributed by atoms with Crippen molar-refractivity contribution in [3.63, 3.8) is 0 Å². The largest absolute Gasteiger partial charge is 0.489 e. The fourth-order valence-electron chi connectivity index (χ4n) is 3.17. The maximum absolute atomic E-state index is 13.2. The number of ether oxygens (including phenoxy) is 1. The van der Waals surface area contributed by atoms with Gasteiger partial charge in [0.05, 0.1) is 10.3 Å². The third-order valence-corrected chi connectivity index (χ3v) is 7.96. The molecule has 1 saturated heterocycles. The second-order valence-electron chi connectivity index (χ2n) is 6.64. The molecule has 4 rings (SSSR count). The molecular formula is C22H20FNO3S2. The summed E-state index contributed by atoms with van der Waals surface area (Å²) in [5.74, 6) is 0.980. The van der Waals surface area contributed by atoms with Crippen LogP contribution in [0.2, 0.25) is 0 Å². The van der Waals surface area contributed by atoms with E-state index in [0.717, 1.165) is 16.9 Å². The minimum atomic E-state index is -3.69. The molecule has 0 saturated carbocycles. The average molecular weight is 430 g/mol. The third-order valence-electron chi connectivity index (χ3n) is 4.68. The van der Waals surface area contributed by atoms with Crippen molar-refractivity contribution in [3.05, 3.63) is 95.8 Å². The number of thioether (sulfide) groups is 1. The fourth-order valence-corrected chi connectivity index (χ4v) is 6.42. The molecule has 150 valence electrons. The summed E-state index contributed by atoms with van der Waals surface area (Å²) in [5, 5.41) is -0.312. The molecule has 0 spiro atoms. The van der Waals surface area contributed by atoms with E-state index < -0.39 is 15.8 Å². The van der Waals surface area contributed by atoms with Gasteiger partial charge in [0.15, 0.2) is 0 Å². The van der Waals surface area contributed by atoms with Crippen molar-refractivity contribution in [1.82, 2.24) is 4.31 Å². The predicted octanol–water partition coefficient (Wildman–Crippen LogP) is 4.84. The molecule has 0 amide bonds. The van der Waals surface area contributed by atoms with Crippen LogP contribution in [-0.4, -0.2) is 25.0 Å². The van der Waals surface area contributed by atoms with Crippen LogP contribution in [0.25, 0.3) is 0 Å². The van der Waals surface area contributed by atoms with Crippen LogP contribution in [0.4, 0.5) is 4.39 Å². The summed E-state index contributed by atoms with van der Waals surface area (Å²) in [7, 11) is -3.69. The van der Waals surface area contributed by atoms with Crippen LogP contribution in [0.3, 0.4) is 0 Å². The van der Waals surface area contributed by atoms with E-state index in [0.29, 0.717) is 18.9 Å². The van der Waals surface area contributed by atoms with Crippen LogP contribution in [0, 0.1) is 5.82 Å². The normalized spacial score (nSPS) is 17.3. The lowest BCUT2D eigenvalue weighted by Crippen LogP contribution is -2.30. The molecule has 0 bridgehead atoms. The van der Waals surface area contributed by atoms with E-state index in [-0.39, 0.29) is 10.3 Å². The Labute approximate surface area is 174 Å². The molecule has 1 aliphatic heterocycles. The number of sulfonamides is 1. The van der Waals surface area contributed by atoms with Gasteiger partial charge in [-0.15, -0.1) is 11.8 Å². The van der Waals surface area contributed by atoms with Gasteiger partial charge in [-0.1, -0.05) is 42.5 Å². The molecule has 0 aliphatic carbocycles. The molecule has 1 heterocycles. The molecule has 1 fully saturated rings. The number of hydrogen-bond acceptors (Lipinski definition) is 4. The zero-order valence-electron chi connectivity index (χ0n) is 15.6. The monoisotopic (exact) mass is 429 g/mol. The summed E-state index contributed by atoms with van der Waals surface area (Å²) >= 11 is 1.58. The quantitative estimate of drug-likeness (QED) is 0.563. The van der Waals surface area contributed by atoms with Crippen molar-refractivity contribution >= 4 is 21.8 Å². The Balaban J connectivity index is 1.49. The standard InChI is InChI=1S/C22H20FNO3S2/c23-19-8-12-21(13-9-19)29(25,26)24-14-15-28-22(24)18-6-10-20(11-7-18)27-16-17-4-2-1-3-5-17/h1-13,22H,14-16H2/t22-/m1/s1. The Kier molecular flexibility index (Phi) is 5.89. The highest BCUT2D eigenvalue weighted by molar-refractivity contribution is 8.01. The van der Waals surface area contributed by atoms with Gasteiger partial charge in [-0.2, -0.15) is 4.31 Å². The molecule has 0 radical (unpaired) electrons. The molecule has 0 unspecified atom stereocenters. The smallest absolute Gasteiger partial charge is 0.244 e. The lowest BCUT2D eigenvalue weighted by molar-refractivity contribution is 0.306. The Morgan fingerprint density at radius 2 is 1.66 bits per heavy atom. The number of rotatable bonds is 6.